The Morgan fingerprint density at radius 3 is 2.57 bits per heavy atom. The molecule has 7 nitrogen and oxygen atoms in total. The molecule has 0 aliphatic carbocycles. The molecule has 3 heterocycles. The van der Waals surface area contributed by atoms with Gasteiger partial charge in [-0.15, -0.1) is 0 Å². The molecule has 0 bridgehead atoms. The highest BCUT2D eigenvalue weighted by atomic mass is 32.1. The first kappa shape index (κ1) is 22.4. The Hall–Kier alpha value is -2.30. The number of carbonyl (C=O) groups is 1. The molecular formula is C20H26F2N4O3S. The van der Waals surface area contributed by atoms with E-state index in [9.17, 15) is 13.6 Å². The van der Waals surface area contributed by atoms with E-state index in [4.69, 9.17) is 9.57 Å². The maximum Gasteiger partial charge on any atom is 0.414 e. The van der Waals surface area contributed by atoms with Gasteiger partial charge in [-0.2, -0.15) is 12.6 Å². The normalized spacial score (nSPS) is 23.4. The third kappa shape index (κ3) is 5.65. The molecule has 1 aromatic carbocycles. The molecule has 1 unspecified atom stereocenters. The van der Waals surface area contributed by atoms with Gasteiger partial charge >= 0.3 is 6.09 Å². The van der Waals surface area contributed by atoms with Crippen LogP contribution in [0.4, 0.5) is 25.0 Å². The zero-order valence-electron chi connectivity index (χ0n) is 16.7. The lowest BCUT2D eigenvalue weighted by molar-refractivity contribution is 0.0589. The van der Waals surface area contributed by atoms with E-state index in [1.165, 1.54) is 4.90 Å². The number of cyclic esters (lactones) is 1. The van der Waals surface area contributed by atoms with Gasteiger partial charge in [0.25, 0.3) is 0 Å². The minimum atomic E-state index is -0.718. The quantitative estimate of drug-likeness (QED) is 0.628. The molecule has 2 saturated heterocycles. The largest absolute Gasteiger partial charge is 0.443 e. The van der Waals surface area contributed by atoms with Gasteiger partial charge in [-0.3, -0.25) is 9.74 Å². The number of hydroxylamine groups is 1. The van der Waals surface area contributed by atoms with Crippen LogP contribution in [0.25, 0.3) is 0 Å². The van der Waals surface area contributed by atoms with Crippen LogP contribution < -0.4 is 20.6 Å². The van der Waals surface area contributed by atoms with Crippen molar-refractivity contribution in [2.75, 3.05) is 48.3 Å². The van der Waals surface area contributed by atoms with Crippen LogP contribution in [0.2, 0.25) is 0 Å². The Balaban J connectivity index is 0.000000310. The van der Waals surface area contributed by atoms with Crippen LogP contribution in [0.5, 0.6) is 0 Å². The molecule has 1 aromatic rings. The Morgan fingerprint density at radius 2 is 2.00 bits per heavy atom. The van der Waals surface area contributed by atoms with E-state index < -0.39 is 17.7 Å². The number of carbonyl (C=O) groups excluding carboxylic acids is 1. The maximum absolute atomic E-state index is 14.5. The summed E-state index contributed by atoms with van der Waals surface area (Å²) >= 11 is 4.07. The number of dihydropyridines is 1. The van der Waals surface area contributed by atoms with Crippen LogP contribution in [0.3, 0.4) is 0 Å². The zero-order chi connectivity index (χ0) is 21.5. The minimum Gasteiger partial charge on any atom is -0.443 e. The van der Waals surface area contributed by atoms with Crippen molar-refractivity contribution in [2.45, 2.75) is 19.1 Å². The van der Waals surface area contributed by atoms with E-state index in [0.29, 0.717) is 38.0 Å². The summed E-state index contributed by atoms with van der Waals surface area (Å²) in [5.41, 5.74) is 2.73. The highest BCUT2D eigenvalue weighted by Crippen LogP contribution is 2.31. The molecule has 3 aliphatic heterocycles. The first-order chi connectivity index (χ1) is 14.5. The van der Waals surface area contributed by atoms with Crippen LogP contribution in [0.1, 0.15) is 6.92 Å². The second-order valence-electron chi connectivity index (χ2n) is 6.99. The Labute approximate surface area is 180 Å². The Bertz CT molecular complexity index is 777. The first-order valence-corrected chi connectivity index (χ1v) is 10.4. The molecule has 2 N–H and O–H groups in total. The number of amides is 1. The Kier molecular flexibility index (Phi) is 7.94. The van der Waals surface area contributed by atoms with Gasteiger partial charge in [-0.1, -0.05) is 12.2 Å². The monoisotopic (exact) mass is 440 g/mol. The van der Waals surface area contributed by atoms with E-state index in [-0.39, 0.29) is 24.0 Å². The standard InChI is InChI=1S/C14H17F2N3O3S.C6H9N/c15-11-5-9(19-7-10(8-23)22-14(19)20)6-12(16)13(11)18-2-1-17-21-4-3-18;1-6-4-2-3-5-7-6/h5-6,10,17,23H,1-4,7-8H2;2-7H,1H3/t10-;/m1./s1. The molecule has 1 amide bonds. The lowest BCUT2D eigenvalue weighted by Gasteiger charge is -2.24. The molecule has 2 atom stereocenters. The average molecular weight is 441 g/mol. The van der Waals surface area contributed by atoms with Crippen molar-refractivity contribution in [2.24, 2.45) is 0 Å². The molecular weight excluding hydrogens is 414 g/mol. The van der Waals surface area contributed by atoms with E-state index in [2.05, 4.69) is 36.4 Å². The first-order valence-electron chi connectivity index (χ1n) is 9.76. The van der Waals surface area contributed by atoms with Gasteiger partial charge < -0.3 is 15.0 Å². The summed E-state index contributed by atoms with van der Waals surface area (Å²) in [6, 6.07) is 2.82. The number of hydrogen-bond acceptors (Lipinski definition) is 7. The van der Waals surface area contributed by atoms with Crippen molar-refractivity contribution in [3.8, 4) is 0 Å². The third-order valence-electron chi connectivity index (χ3n) is 4.72. The molecule has 4 rings (SSSR count). The number of thiol groups is 1. The number of hydrogen-bond donors (Lipinski definition) is 3. The SMILES string of the molecule is CC1C=CC=CN1.O=C1O[C@@H](CS)CN1c1cc(F)c(N2CCNOCC2)c(F)c1. The smallest absolute Gasteiger partial charge is 0.414 e. The molecule has 10 heteroatoms. The number of benzene rings is 1. The number of halogens is 2. The molecule has 0 radical (unpaired) electrons. The molecule has 164 valence electrons. The summed E-state index contributed by atoms with van der Waals surface area (Å²) in [6.45, 7) is 3.90. The molecule has 0 saturated carbocycles. The van der Waals surface area contributed by atoms with Gasteiger partial charge in [0, 0.05) is 43.6 Å². The van der Waals surface area contributed by atoms with E-state index in [1.807, 2.05) is 18.4 Å². The zero-order valence-corrected chi connectivity index (χ0v) is 17.6. The van der Waals surface area contributed by atoms with Crippen LogP contribution in [-0.4, -0.2) is 56.8 Å². The summed E-state index contributed by atoms with van der Waals surface area (Å²) in [4.78, 5) is 19.6. The summed E-state index contributed by atoms with van der Waals surface area (Å²) in [5, 5.41) is 3.11. The third-order valence-corrected chi connectivity index (χ3v) is 5.13. The van der Waals surface area contributed by atoms with Crippen molar-refractivity contribution in [1.29, 1.82) is 0 Å². The van der Waals surface area contributed by atoms with Crippen molar-refractivity contribution in [3.05, 3.63) is 48.2 Å². The minimum absolute atomic E-state index is 0.112. The van der Waals surface area contributed by atoms with Crippen LogP contribution in [0.15, 0.2) is 36.6 Å². The van der Waals surface area contributed by atoms with Crippen LogP contribution in [-0.2, 0) is 9.57 Å². The molecule has 0 aromatic heterocycles. The predicted octanol–water partition coefficient (Wildman–Crippen LogP) is 2.61. The highest BCUT2D eigenvalue weighted by molar-refractivity contribution is 7.80. The molecule has 30 heavy (non-hydrogen) atoms. The lowest BCUT2D eigenvalue weighted by Crippen LogP contribution is -2.31. The van der Waals surface area contributed by atoms with E-state index in [1.54, 1.807) is 4.90 Å². The number of allylic oxidation sites excluding steroid dienone is 2. The number of nitrogens with zero attached hydrogens (tertiary/aromatic N) is 2. The summed E-state index contributed by atoms with van der Waals surface area (Å²) < 4.78 is 34.0. The van der Waals surface area contributed by atoms with Gasteiger partial charge in [0.15, 0.2) is 11.6 Å². The predicted molar refractivity (Wildman–Crippen MR) is 115 cm³/mol. The highest BCUT2D eigenvalue weighted by Gasteiger charge is 2.33. The number of nitrogens with one attached hydrogen (secondary N) is 2. The van der Waals surface area contributed by atoms with Crippen molar-refractivity contribution in [1.82, 2.24) is 10.8 Å². The second-order valence-corrected chi connectivity index (χ2v) is 7.35. The Morgan fingerprint density at radius 1 is 1.23 bits per heavy atom. The van der Waals surface area contributed by atoms with Crippen LogP contribution >= 0.6 is 12.6 Å². The lowest BCUT2D eigenvalue weighted by atomic mass is 10.2. The fourth-order valence-corrected chi connectivity index (χ4v) is 3.39. The van der Waals surface area contributed by atoms with Gasteiger partial charge in [0.1, 0.15) is 11.8 Å². The summed E-state index contributed by atoms with van der Waals surface area (Å²) in [6.07, 6.45) is 7.08. The second kappa shape index (κ2) is 10.6. The average Bonchev–Trinajstić information content (AvgIpc) is 2.92. The number of ether oxygens (including phenoxy) is 1. The summed E-state index contributed by atoms with van der Waals surface area (Å²) in [7, 11) is 0. The van der Waals surface area contributed by atoms with Gasteiger partial charge in [0.05, 0.1) is 18.8 Å². The summed E-state index contributed by atoms with van der Waals surface area (Å²) in [5.74, 6) is -1.08. The van der Waals surface area contributed by atoms with Crippen molar-refractivity contribution >= 4 is 30.1 Å². The van der Waals surface area contributed by atoms with Crippen LogP contribution in [0, 0.1) is 11.6 Å². The fraction of sp³-hybridized carbons (Fsp3) is 0.450. The van der Waals surface area contributed by atoms with Crippen molar-refractivity contribution < 1.29 is 23.1 Å². The maximum atomic E-state index is 14.5. The van der Waals surface area contributed by atoms with Crippen molar-refractivity contribution in [3.63, 3.8) is 0 Å². The van der Waals surface area contributed by atoms with E-state index >= 15 is 0 Å². The molecule has 2 fully saturated rings. The topological polar surface area (TPSA) is 66.1 Å². The molecule has 0 spiro atoms. The van der Waals surface area contributed by atoms with Gasteiger partial charge in [0.2, 0.25) is 0 Å². The van der Waals surface area contributed by atoms with E-state index in [0.717, 1.165) is 12.1 Å². The number of rotatable bonds is 3. The van der Waals surface area contributed by atoms with Gasteiger partial charge in [-0.05, 0) is 19.2 Å². The van der Waals surface area contributed by atoms with Gasteiger partial charge in [-0.25, -0.2) is 19.1 Å². The fourth-order valence-electron chi connectivity index (χ4n) is 3.20. The molecule has 3 aliphatic rings. The number of anilines is 2.